The monoisotopic (exact) mass is 443 g/mol. The van der Waals surface area contributed by atoms with E-state index in [4.69, 9.17) is 4.74 Å². The van der Waals surface area contributed by atoms with Crippen LogP contribution >= 0.6 is 11.8 Å². The number of nitrogens with zero attached hydrogens (tertiary/aromatic N) is 2. The molecule has 4 rings (SSSR count). The van der Waals surface area contributed by atoms with Gasteiger partial charge >= 0.3 is 0 Å². The second kappa shape index (κ2) is 10.5. The first kappa shape index (κ1) is 22.1. The zero-order valence-corrected chi connectivity index (χ0v) is 18.7. The molecule has 0 radical (unpaired) electrons. The molecule has 1 aromatic heterocycles. The van der Waals surface area contributed by atoms with Crippen molar-refractivity contribution in [3.05, 3.63) is 65.6 Å². The number of hydrogen-bond donors (Lipinski definition) is 2. The molecular formula is C24H30FN3O2S. The van der Waals surface area contributed by atoms with Gasteiger partial charge in [-0.25, -0.2) is 4.39 Å². The molecule has 2 N–H and O–H groups in total. The number of para-hydroxylation sites is 1. The molecule has 0 saturated carbocycles. The highest BCUT2D eigenvalue weighted by molar-refractivity contribution is 7.99. The summed E-state index contributed by atoms with van der Waals surface area (Å²) in [5, 5.41) is 11.3. The van der Waals surface area contributed by atoms with E-state index in [-0.39, 0.29) is 12.4 Å². The molecule has 1 saturated heterocycles. The molecule has 0 aliphatic carbocycles. The molecule has 0 unspecified atom stereocenters. The molecule has 7 heteroatoms. The van der Waals surface area contributed by atoms with Gasteiger partial charge in [-0.2, -0.15) is 11.8 Å². The first-order valence-electron chi connectivity index (χ1n) is 10.7. The number of ether oxygens (including phenoxy) is 1. The van der Waals surface area contributed by atoms with Crippen LogP contribution in [0.15, 0.2) is 48.5 Å². The Hall–Kier alpha value is -2.06. The van der Waals surface area contributed by atoms with E-state index in [9.17, 15) is 9.50 Å². The second-order valence-corrected chi connectivity index (χ2v) is 9.41. The molecule has 3 aromatic rings. The fraction of sp³-hybridized carbons (Fsp3) is 0.417. The number of aliphatic hydroxyl groups is 1. The van der Waals surface area contributed by atoms with Gasteiger partial charge in [0.1, 0.15) is 24.3 Å². The minimum absolute atomic E-state index is 0.223. The number of aromatic amines is 1. The summed E-state index contributed by atoms with van der Waals surface area (Å²) in [5.41, 5.74) is 3.06. The number of thioether (sulfide) groups is 1. The Kier molecular flexibility index (Phi) is 7.50. The van der Waals surface area contributed by atoms with Gasteiger partial charge in [-0.1, -0.05) is 18.2 Å². The molecule has 1 atom stereocenters. The first-order valence-corrected chi connectivity index (χ1v) is 11.9. The Morgan fingerprint density at radius 1 is 1.16 bits per heavy atom. The Balaban J connectivity index is 1.32. The zero-order valence-electron chi connectivity index (χ0n) is 17.9. The van der Waals surface area contributed by atoms with Crippen LogP contribution in [0.1, 0.15) is 11.3 Å². The van der Waals surface area contributed by atoms with E-state index < -0.39 is 6.10 Å². The van der Waals surface area contributed by atoms with Crippen molar-refractivity contribution in [3.63, 3.8) is 0 Å². The number of fused-ring (bicyclic) bond motifs is 1. The van der Waals surface area contributed by atoms with Crippen molar-refractivity contribution in [1.29, 1.82) is 0 Å². The zero-order chi connectivity index (χ0) is 21.6. The quantitative estimate of drug-likeness (QED) is 0.528. The number of β-amino-alcohol motifs (C(OH)–C–C–N with tert-alkyl or cyclic N) is 1. The Bertz CT molecular complexity index is 990. The maximum absolute atomic E-state index is 13.4. The summed E-state index contributed by atoms with van der Waals surface area (Å²) >= 11 is 1.97. The molecule has 1 fully saturated rings. The molecule has 1 aliphatic rings. The number of aromatic nitrogens is 1. The van der Waals surface area contributed by atoms with Gasteiger partial charge < -0.3 is 14.8 Å². The summed E-state index contributed by atoms with van der Waals surface area (Å²) < 4.78 is 19.4. The number of halogens is 1. The summed E-state index contributed by atoms with van der Waals surface area (Å²) in [6.45, 7) is 4.42. The molecule has 166 valence electrons. The standard InChI is InChI=1S/C24H30FN3O2S/c1-27(15-21-13-19-12-20(25)6-7-23(19)26-21)14-18-4-2-3-5-24(18)30-17-22(29)16-28-8-10-31-11-9-28/h2-7,12-13,22,26,29H,8-11,14-17H2,1H3/t22-/m0/s1. The predicted octanol–water partition coefficient (Wildman–Crippen LogP) is 3.73. The van der Waals surface area contributed by atoms with Gasteiger partial charge in [0.15, 0.2) is 0 Å². The maximum atomic E-state index is 13.4. The van der Waals surface area contributed by atoms with Crippen molar-refractivity contribution in [2.24, 2.45) is 0 Å². The van der Waals surface area contributed by atoms with Crippen molar-refractivity contribution in [1.82, 2.24) is 14.8 Å². The highest BCUT2D eigenvalue weighted by Crippen LogP contribution is 2.22. The van der Waals surface area contributed by atoms with Gasteiger partial charge in [-0.3, -0.25) is 9.80 Å². The number of benzene rings is 2. The fourth-order valence-electron chi connectivity index (χ4n) is 3.98. The van der Waals surface area contributed by atoms with Gasteiger partial charge in [0, 0.05) is 66.4 Å². The van der Waals surface area contributed by atoms with E-state index in [0.717, 1.165) is 52.5 Å². The van der Waals surface area contributed by atoms with Gasteiger partial charge in [0.2, 0.25) is 0 Å². The average Bonchev–Trinajstić information content (AvgIpc) is 3.15. The normalized spacial score (nSPS) is 16.1. The fourth-order valence-corrected chi connectivity index (χ4v) is 4.96. The molecule has 2 heterocycles. The Morgan fingerprint density at radius 3 is 2.81 bits per heavy atom. The lowest BCUT2D eigenvalue weighted by Crippen LogP contribution is -2.40. The predicted molar refractivity (Wildman–Crippen MR) is 125 cm³/mol. The molecule has 2 aromatic carbocycles. The molecule has 0 spiro atoms. The lowest BCUT2D eigenvalue weighted by atomic mass is 10.2. The number of H-pyrrole nitrogens is 1. The van der Waals surface area contributed by atoms with E-state index in [1.165, 1.54) is 6.07 Å². The van der Waals surface area contributed by atoms with E-state index >= 15 is 0 Å². The van der Waals surface area contributed by atoms with E-state index in [2.05, 4.69) is 20.9 Å². The lowest BCUT2D eigenvalue weighted by Gasteiger charge is -2.28. The smallest absolute Gasteiger partial charge is 0.123 e. The van der Waals surface area contributed by atoms with Crippen molar-refractivity contribution in [3.8, 4) is 5.75 Å². The van der Waals surface area contributed by atoms with Gasteiger partial charge in [0.25, 0.3) is 0 Å². The highest BCUT2D eigenvalue weighted by Gasteiger charge is 2.16. The summed E-state index contributed by atoms with van der Waals surface area (Å²) in [4.78, 5) is 7.84. The summed E-state index contributed by atoms with van der Waals surface area (Å²) in [6, 6.07) is 14.8. The minimum atomic E-state index is -0.499. The number of hydrogen-bond acceptors (Lipinski definition) is 5. The maximum Gasteiger partial charge on any atom is 0.123 e. The van der Waals surface area contributed by atoms with Crippen molar-refractivity contribution in [2.75, 3.05) is 44.8 Å². The van der Waals surface area contributed by atoms with Crippen LogP contribution in [0.2, 0.25) is 0 Å². The largest absolute Gasteiger partial charge is 0.491 e. The van der Waals surface area contributed by atoms with Gasteiger partial charge in [0.05, 0.1) is 0 Å². The Labute approximate surface area is 187 Å². The molecule has 0 amide bonds. The second-order valence-electron chi connectivity index (χ2n) is 8.18. The average molecular weight is 444 g/mol. The van der Waals surface area contributed by atoms with Crippen LogP contribution in [-0.2, 0) is 13.1 Å². The minimum Gasteiger partial charge on any atom is -0.491 e. The third-order valence-corrected chi connectivity index (χ3v) is 6.44. The number of rotatable bonds is 9. The van der Waals surface area contributed by atoms with Crippen molar-refractivity contribution in [2.45, 2.75) is 19.2 Å². The topological polar surface area (TPSA) is 51.7 Å². The van der Waals surface area contributed by atoms with Crippen LogP contribution in [0.5, 0.6) is 5.75 Å². The van der Waals surface area contributed by atoms with Crippen LogP contribution < -0.4 is 4.74 Å². The SMILES string of the molecule is CN(Cc1cc2cc(F)ccc2[nH]1)Cc1ccccc1OC[C@@H](O)CN1CCSCC1. The number of aliphatic hydroxyl groups excluding tert-OH is 1. The van der Waals surface area contributed by atoms with Crippen LogP contribution in [-0.4, -0.2) is 70.8 Å². The van der Waals surface area contributed by atoms with Crippen LogP contribution in [0, 0.1) is 5.82 Å². The number of nitrogens with one attached hydrogen (secondary N) is 1. The molecule has 0 bridgehead atoms. The van der Waals surface area contributed by atoms with E-state index in [1.807, 2.05) is 43.1 Å². The first-order chi connectivity index (χ1) is 15.1. The van der Waals surface area contributed by atoms with Crippen LogP contribution in [0.25, 0.3) is 10.9 Å². The Morgan fingerprint density at radius 2 is 1.97 bits per heavy atom. The third-order valence-electron chi connectivity index (χ3n) is 5.50. The van der Waals surface area contributed by atoms with E-state index in [0.29, 0.717) is 19.6 Å². The van der Waals surface area contributed by atoms with E-state index in [1.54, 1.807) is 12.1 Å². The van der Waals surface area contributed by atoms with Gasteiger partial charge in [-0.15, -0.1) is 0 Å². The molecule has 1 aliphatic heterocycles. The lowest BCUT2D eigenvalue weighted by molar-refractivity contribution is 0.0709. The molecular weight excluding hydrogens is 413 g/mol. The van der Waals surface area contributed by atoms with Crippen LogP contribution in [0.3, 0.4) is 0 Å². The van der Waals surface area contributed by atoms with Crippen LogP contribution in [0.4, 0.5) is 4.39 Å². The summed E-state index contributed by atoms with van der Waals surface area (Å²) in [7, 11) is 2.05. The summed E-state index contributed by atoms with van der Waals surface area (Å²) in [5.74, 6) is 2.85. The van der Waals surface area contributed by atoms with Crippen molar-refractivity contribution >= 4 is 22.7 Å². The van der Waals surface area contributed by atoms with Gasteiger partial charge in [-0.05, 0) is 37.4 Å². The molecule has 31 heavy (non-hydrogen) atoms. The summed E-state index contributed by atoms with van der Waals surface area (Å²) in [6.07, 6.45) is -0.499. The highest BCUT2D eigenvalue weighted by atomic mass is 32.2. The van der Waals surface area contributed by atoms with Crippen molar-refractivity contribution < 1.29 is 14.2 Å². The molecule has 5 nitrogen and oxygen atoms in total. The third kappa shape index (κ3) is 6.23.